The fourth-order valence-corrected chi connectivity index (χ4v) is 1.55. The predicted octanol–water partition coefficient (Wildman–Crippen LogP) is 2.94. The van der Waals surface area contributed by atoms with E-state index in [2.05, 4.69) is 4.98 Å². The fraction of sp³-hybridized carbons (Fsp3) is 0.375. The molecule has 0 atom stereocenters. The highest BCUT2D eigenvalue weighted by Crippen LogP contribution is 2.32. The molecule has 0 aliphatic carbocycles. The Morgan fingerprint density at radius 2 is 2.15 bits per heavy atom. The first kappa shape index (κ1) is 10.6. The Bertz CT molecular complexity index is 317. The Balaban J connectivity index is 3.32. The number of rotatable bonds is 2. The van der Waals surface area contributed by atoms with Gasteiger partial charge in [0.05, 0.1) is 12.7 Å². The molecular weight excluding hydrogens is 291 g/mol. The van der Waals surface area contributed by atoms with Crippen LogP contribution >= 0.6 is 22.6 Å². The van der Waals surface area contributed by atoms with E-state index in [0.29, 0.717) is 3.57 Å². The van der Waals surface area contributed by atoms with E-state index in [9.17, 15) is 8.78 Å². The zero-order valence-electron chi connectivity index (χ0n) is 7.14. The van der Waals surface area contributed by atoms with Gasteiger partial charge in [-0.2, -0.15) is 0 Å². The molecule has 0 radical (unpaired) electrons. The van der Waals surface area contributed by atoms with Crippen molar-refractivity contribution in [1.29, 1.82) is 0 Å². The predicted molar refractivity (Wildman–Crippen MR) is 53.2 cm³/mol. The highest BCUT2D eigenvalue weighted by molar-refractivity contribution is 14.1. The number of pyridine rings is 1. The van der Waals surface area contributed by atoms with Crippen LogP contribution in [-0.4, -0.2) is 12.1 Å². The summed E-state index contributed by atoms with van der Waals surface area (Å²) in [6.07, 6.45) is -1.03. The topological polar surface area (TPSA) is 22.1 Å². The van der Waals surface area contributed by atoms with Gasteiger partial charge in [-0.1, -0.05) is 0 Å². The van der Waals surface area contributed by atoms with E-state index in [1.165, 1.54) is 13.3 Å². The molecule has 0 saturated carbocycles. The molecule has 1 heterocycles. The van der Waals surface area contributed by atoms with E-state index in [1.807, 2.05) is 22.6 Å². The summed E-state index contributed by atoms with van der Waals surface area (Å²) in [5.74, 6) is 0.00463. The van der Waals surface area contributed by atoms with E-state index in [4.69, 9.17) is 4.74 Å². The van der Waals surface area contributed by atoms with Crippen LogP contribution in [-0.2, 0) is 0 Å². The van der Waals surface area contributed by atoms with Gasteiger partial charge < -0.3 is 4.74 Å². The molecule has 72 valence electrons. The second-order valence-corrected chi connectivity index (χ2v) is 3.56. The molecule has 0 unspecified atom stereocenters. The number of alkyl halides is 2. The van der Waals surface area contributed by atoms with Gasteiger partial charge in [0.25, 0.3) is 6.43 Å². The van der Waals surface area contributed by atoms with E-state index >= 15 is 0 Å². The molecule has 0 fully saturated rings. The smallest absolute Gasteiger partial charge is 0.270 e. The lowest BCUT2D eigenvalue weighted by Crippen LogP contribution is -2.00. The molecule has 1 rings (SSSR count). The molecule has 0 aliphatic heterocycles. The summed E-state index contributed by atoms with van der Waals surface area (Å²) >= 11 is 1.87. The van der Waals surface area contributed by atoms with Crippen LogP contribution in [0.3, 0.4) is 0 Å². The van der Waals surface area contributed by atoms with Gasteiger partial charge in [0, 0.05) is 9.77 Å². The number of nitrogens with zero attached hydrogens (tertiary/aromatic N) is 1. The van der Waals surface area contributed by atoms with Crippen molar-refractivity contribution in [3.05, 3.63) is 20.9 Å². The Morgan fingerprint density at radius 1 is 1.54 bits per heavy atom. The lowest BCUT2D eigenvalue weighted by Gasteiger charge is -2.09. The van der Waals surface area contributed by atoms with Gasteiger partial charge in [0.15, 0.2) is 0 Å². The lowest BCUT2D eigenvalue weighted by molar-refractivity contribution is 0.145. The van der Waals surface area contributed by atoms with Crippen LogP contribution in [0.4, 0.5) is 8.78 Å². The average molecular weight is 299 g/mol. The van der Waals surface area contributed by atoms with Crippen LogP contribution in [0.5, 0.6) is 5.88 Å². The lowest BCUT2D eigenvalue weighted by atomic mass is 10.2. The molecule has 1 aromatic rings. The summed E-state index contributed by atoms with van der Waals surface area (Å²) in [6, 6.07) is 0. The maximum absolute atomic E-state index is 12.5. The molecular formula is C8H8F2INO. The molecule has 5 heteroatoms. The van der Waals surface area contributed by atoms with Crippen molar-refractivity contribution in [1.82, 2.24) is 4.98 Å². The number of methoxy groups -OCH3 is 1. The van der Waals surface area contributed by atoms with E-state index in [0.717, 1.165) is 5.56 Å². The van der Waals surface area contributed by atoms with Gasteiger partial charge in [-0.05, 0) is 35.1 Å². The first-order chi connectivity index (χ1) is 6.07. The molecule has 0 N–H and O–H groups in total. The third-order valence-electron chi connectivity index (χ3n) is 1.60. The van der Waals surface area contributed by atoms with Crippen molar-refractivity contribution in [2.24, 2.45) is 0 Å². The van der Waals surface area contributed by atoms with Crippen LogP contribution in [0.15, 0.2) is 6.20 Å². The van der Waals surface area contributed by atoms with Crippen LogP contribution in [0.1, 0.15) is 17.6 Å². The van der Waals surface area contributed by atoms with Crippen LogP contribution < -0.4 is 4.74 Å². The van der Waals surface area contributed by atoms with Gasteiger partial charge in [0.1, 0.15) is 0 Å². The van der Waals surface area contributed by atoms with E-state index < -0.39 is 6.43 Å². The van der Waals surface area contributed by atoms with E-state index in [-0.39, 0.29) is 11.4 Å². The second kappa shape index (κ2) is 4.17. The zero-order valence-corrected chi connectivity index (χ0v) is 9.30. The SMILES string of the molecule is COc1ncc(C)c(I)c1C(F)F. The van der Waals surface area contributed by atoms with Crippen molar-refractivity contribution in [3.8, 4) is 5.88 Å². The van der Waals surface area contributed by atoms with Gasteiger partial charge in [-0.15, -0.1) is 0 Å². The standard InChI is InChI=1S/C8H8F2INO/c1-4-3-12-8(13-2)5(6(4)11)7(9)10/h3,7H,1-2H3. The molecule has 0 aliphatic rings. The minimum Gasteiger partial charge on any atom is -0.481 e. The maximum Gasteiger partial charge on any atom is 0.270 e. The molecule has 0 aromatic carbocycles. The third-order valence-corrected chi connectivity index (χ3v) is 3.03. The molecule has 0 spiro atoms. The fourth-order valence-electron chi connectivity index (χ4n) is 0.940. The largest absolute Gasteiger partial charge is 0.481 e. The Morgan fingerprint density at radius 3 is 2.62 bits per heavy atom. The van der Waals surface area contributed by atoms with Crippen molar-refractivity contribution in [2.75, 3.05) is 7.11 Å². The quantitative estimate of drug-likeness (QED) is 0.783. The van der Waals surface area contributed by atoms with Crippen LogP contribution in [0.2, 0.25) is 0 Å². The minimum atomic E-state index is -2.55. The number of aromatic nitrogens is 1. The minimum absolute atomic E-state index is 0.00463. The first-order valence-electron chi connectivity index (χ1n) is 3.55. The first-order valence-corrected chi connectivity index (χ1v) is 4.63. The highest BCUT2D eigenvalue weighted by Gasteiger charge is 2.20. The number of hydrogen-bond acceptors (Lipinski definition) is 2. The summed E-state index contributed by atoms with van der Waals surface area (Å²) in [7, 11) is 1.33. The number of halogens is 3. The van der Waals surface area contributed by atoms with Crippen LogP contribution in [0, 0.1) is 10.5 Å². The third kappa shape index (κ3) is 2.07. The summed E-state index contributed by atoms with van der Waals surface area (Å²) < 4.78 is 30.3. The molecule has 0 amide bonds. The number of aryl methyl sites for hydroxylation is 1. The van der Waals surface area contributed by atoms with Gasteiger partial charge >= 0.3 is 0 Å². The summed E-state index contributed by atoms with van der Waals surface area (Å²) in [6.45, 7) is 1.74. The normalized spacial score (nSPS) is 10.6. The molecule has 0 bridgehead atoms. The average Bonchev–Trinajstić information content (AvgIpc) is 2.08. The van der Waals surface area contributed by atoms with Crippen LogP contribution in [0.25, 0.3) is 0 Å². The Labute approximate surface area is 88.5 Å². The summed E-state index contributed by atoms with van der Waals surface area (Å²) in [5, 5.41) is 0. The van der Waals surface area contributed by atoms with Gasteiger partial charge in [-0.3, -0.25) is 0 Å². The molecule has 1 aromatic heterocycles. The zero-order chi connectivity index (χ0) is 10.0. The Kier molecular flexibility index (Phi) is 3.40. The maximum atomic E-state index is 12.5. The molecule has 2 nitrogen and oxygen atoms in total. The van der Waals surface area contributed by atoms with Gasteiger partial charge in [0.2, 0.25) is 5.88 Å². The van der Waals surface area contributed by atoms with Crippen molar-refractivity contribution in [3.63, 3.8) is 0 Å². The van der Waals surface area contributed by atoms with Crippen molar-refractivity contribution < 1.29 is 13.5 Å². The second-order valence-electron chi connectivity index (χ2n) is 2.48. The van der Waals surface area contributed by atoms with Crippen molar-refractivity contribution >= 4 is 22.6 Å². The number of ether oxygens (including phenoxy) is 1. The number of hydrogen-bond donors (Lipinski definition) is 0. The molecule has 0 saturated heterocycles. The Hall–Kier alpha value is -0.460. The van der Waals surface area contributed by atoms with Crippen molar-refractivity contribution in [2.45, 2.75) is 13.3 Å². The van der Waals surface area contributed by atoms with E-state index in [1.54, 1.807) is 6.92 Å². The summed E-state index contributed by atoms with van der Waals surface area (Å²) in [5.41, 5.74) is 0.611. The highest BCUT2D eigenvalue weighted by atomic mass is 127. The monoisotopic (exact) mass is 299 g/mol. The molecule has 13 heavy (non-hydrogen) atoms. The van der Waals surface area contributed by atoms with Gasteiger partial charge in [-0.25, -0.2) is 13.8 Å². The summed E-state index contributed by atoms with van der Waals surface area (Å²) in [4.78, 5) is 3.77.